The number of nitrogens with two attached hydrogens (primary N) is 1. The fourth-order valence-corrected chi connectivity index (χ4v) is 1.89. The molecule has 0 aromatic heterocycles. The van der Waals surface area contributed by atoms with Crippen LogP contribution >= 0.6 is 27.5 Å². The first-order valence-electron chi connectivity index (χ1n) is 5.02. The zero-order valence-corrected chi connectivity index (χ0v) is 11.5. The van der Waals surface area contributed by atoms with Crippen molar-refractivity contribution in [2.24, 2.45) is 0 Å². The van der Waals surface area contributed by atoms with Crippen molar-refractivity contribution in [2.45, 2.75) is 0 Å². The van der Waals surface area contributed by atoms with Crippen LogP contribution < -0.4 is 10.5 Å². The molecule has 0 aliphatic heterocycles. The van der Waals surface area contributed by atoms with E-state index in [-0.39, 0.29) is 0 Å². The fourth-order valence-electron chi connectivity index (χ4n) is 1.39. The highest BCUT2D eigenvalue weighted by molar-refractivity contribution is 9.10. The van der Waals surface area contributed by atoms with Gasteiger partial charge in [-0.05, 0) is 30.3 Å². The van der Waals surface area contributed by atoms with Crippen LogP contribution in [0.5, 0.6) is 11.5 Å². The minimum atomic E-state index is 0.422. The van der Waals surface area contributed by atoms with E-state index in [1.807, 2.05) is 0 Å². The average Bonchev–Trinajstić information content (AvgIpc) is 2.34. The van der Waals surface area contributed by atoms with Gasteiger partial charge in [-0.2, -0.15) is 5.26 Å². The van der Waals surface area contributed by atoms with E-state index >= 15 is 0 Å². The van der Waals surface area contributed by atoms with Crippen LogP contribution in [0.2, 0.25) is 5.02 Å². The molecule has 18 heavy (non-hydrogen) atoms. The molecule has 0 heterocycles. The molecule has 90 valence electrons. The summed E-state index contributed by atoms with van der Waals surface area (Å²) < 4.78 is 6.44. The molecule has 0 fully saturated rings. The average molecular weight is 324 g/mol. The van der Waals surface area contributed by atoms with Crippen LogP contribution in [0.4, 0.5) is 5.69 Å². The monoisotopic (exact) mass is 322 g/mol. The summed E-state index contributed by atoms with van der Waals surface area (Å²) in [5.41, 5.74) is 6.64. The van der Waals surface area contributed by atoms with Gasteiger partial charge < -0.3 is 10.5 Å². The maximum absolute atomic E-state index is 9.01. The molecular formula is C13H8BrClN2O. The second-order valence-corrected chi connectivity index (χ2v) is 4.87. The van der Waals surface area contributed by atoms with Crippen LogP contribution in [0, 0.1) is 11.3 Å². The molecule has 0 amide bonds. The van der Waals surface area contributed by atoms with Crippen molar-refractivity contribution in [3.8, 4) is 17.6 Å². The Hall–Kier alpha value is -1.70. The molecule has 5 heteroatoms. The Morgan fingerprint density at radius 3 is 2.67 bits per heavy atom. The van der Waals surface area contributed by atoms with Gasteiger partial charge in [0.05, 0.1) is 10.6 Å². The molecule has 0 saturated carbocycles. The van der Waals surface area contributed by atoms with Gasteiger partial charge in [0, 0.05) is 16.2 Å². The highest BCUT2D eigenvalue weighted by Gasteiger charge is 2.08. The van der Waals surface area contributed by atoms with E-state index in [9.17, 15) is 0 Å². The molecule has 2 rings (SSSR count). The summed E-state index contributed by atoms with van der Waals surface area (Å²) in [5, 5.41) is 9.45. The van der Waals surface area contributed by atoms with E-state index in [1.54, 1.807) is 36.4 Å². The topological polar surface area (TPSA) is 59.0 Å². The summed E-state index contributed by atoms with van der Waals surface area (Å²) >= 11 is 9.33. The SMILES string of the molecule is N#Cc1ccc(Br)cc1Oc1cc(N)ccc1Cl. The lowest BCUT2D eigenvalue weighted by Crippen LogP contribution is -1.91. The first-order valence-corrected chi connectivity index (χ1v) is 6.20. The largest absolute Gasteiger partial charge is 0.454 e. The van der Waals surface area contributed by atoms with Gasteiger partial charge in [-0.3, -0.25) is 0 Å². The van der Waals surface area contributed by atoms with Gasteiger partial charge in [0.25, 0.3) is 0 Å². The lowest BCUT2D eigenvalue weighted by Gasteiger charge is -2.10. The Balaban J connectivity index is 2.43. The molecule has 0 bridgehead atoms. The standard InChI is InChI=1S/C13H8BrClN2O/c14-9-2-1-8(7-16)12(5-9)18-13-6-10(17)3-4-11(13)15/h1-6H,17H2. The Morgan fingerprint density at radius 2 is 1.94 bits per heavy atom. The zero-order valence-electron chi connectivity index (χ0n) is 9.15. The van der Waals surface area contributed by atoms with E-state index in [0.29, 0.717) is 27.8 Å². The van der Waals surface area contributed by atoms with E-state index < -0.39 is 0 Å². The molecule has 0 unspecified atom stereocenters. The maximum atomic E-state index is 9.01. The van der Waals surface area contributed by atoms with E-state index in [1.165, 1.54) is 0 Å². The van der Waals surface area contributed by atoms with E-state index in [4.69, 9.17) is 27.3 Å². The normalized spacial score (nSPS) is 9.83. The molecule has 0 spiro atoms. The van der Waals surface area contributed by atoms with Gasteiger partial charge in [-0.25, -0.2) is 0 Å². The molecule has 0 aliphatic carbocycles. The van der Waals surface area contributed by atoms with Crippen LogP contribution in [0.3, 0.4) is 0 Å². The molecule has 0 radical (unpaired) electrons. The Bertz CT molecular complexity index is 637. The highest BCUT2D eigenvalue weighted by atomic mass is 79.9. The van der Waals surface area contributed by atoms with Crippen LogP contribution in [0.15, 0.2) is 40.9 Å². The predicted octanol–water partition coefficient (Wildman–Crippen LogP) is 4.35. The summed E-state index contributed by atoms with van der Waals surface area (Å²) in [6.45, 7) is 0. The van der Waals surface area contributed by atoms with Crippen molar-refractivity contribution < 1.29 is 4.74 Å². The van der Waals surface area contributed by atoms with Crippen molar-refractivity contribution in [1.82, 2.24) is 0 Å². The molecule has 2 aromatic rings. The number of hydrogen-bond donors (Lipinski definition) is 1. The number of nitrogen functional groups attached to an aromatic ring is 1. The van der Waals surface area contributed by atoms with E-state index in [2.05, 4.69) is 22.0 Å². The van der Waals surface area contributed by atoms with Gasteiger partial charge in [-0.15, -0.1) is 0 Å². The molecule has 2 N–H and O–H groups in total. The number of hydrogen-bond acceptors (Lipinski definition) is 3. The molecule has 0 aliphatic rings. The van der Waals surface area contributed by atoms with Crippen LogP contribution in [-0.4, -0.2) is 0 Å². The summed E-state index contributed by atoms with van der Waals surface area (Å²) in [6.07, 6.45) is 0. The lowest BCUT2D eigenvalue weighted by molar-refractivity contribution is 0.481. The highest BCUT2D eigenvalue weighted by Crippen LogP contribution is 2.33. The molecule has 3 nitrogen and oxygen atoms in total. The Labute approximate surface area is 118 Å². The van der Waals surface area contributed by atoms with Crippen molar-refractivity contribution in [3.63, 3.8) is 0 Å². The zero-order chi connectivity index (χ0) is 13.1. The van der Waals surface area contributed by atoms with Crippen LogP contribution in [-0.2, 0) is 0 Å². The number of halogens is 2. The number of anilines is 1. The van der Waals surface area contributed by atoms with Crippen LogP contribution in [0.1, 0.15) is 5.56 Å². The maximum Gasteiger partial charge on any atom is 0.148 e. The van der Waals surface area contributed by atoms with Gasteiger partial charge in [0.1, 0.15) is 17.6 Å². The van der Waals surface area contributed by atoms with Crippen molar-refractivity contribution in [1.29, 1.82) is 5.26 Å². The van der Waals surface area contributed by atoms with Crippen molar-refractivity contribution >= 4 is 33.2 Å². The molecular weight excluding hydrogens is 316 g/mol. The predicted molar refractivity (Wildman–Crippen MR) is 74.8 cm³/mol. The third kappa shape index (κ3) is 2.76. The van der Waals surface area contributed by atoms with Crippen molar-refractivity contribution in [2.75, 3.05) is 5.73 Å². The number of nitrogens with zero attached hydrogens (tertiary/aromatic N) is 1. The smallest absolute Gasteiger partial charge is 0.148 e. The second kappa shape index (κ2) is 5.30. The lowest BCUT2D eigenvalue weighted by atomic mass is 10.2. The van der Waals surface area contributed by atoms with Gasteiger partial charge in [0.2, 0.25) is 0 Å². The summed E-state index contributed by atoms with van der Waals surface area (Å²) in [6, 6.07) is 12.1. The van der Waals surface area contributed by atoms with Crippen LogP contribution in [0.25, 0.3) is 0 Å². The second-order valence-electron chi connectivity index (χ2n) is 3.54. The number of rotatable bonds is 2. The third-order valence-electron chi connectivity index (χ3n) is 2.24. The van der Waals surface area contributed by atoms with Gasteiger partial charge in [-0.1, -0.05) is 27.5 Å². The minimum absolute atomic E-state index is 0.422. The summed E-state index contributed by atoms with van der Waals surface area (Å²) in [7, 11) is 0. The summed E-state index contributed by atoms with van der Waals surface area (Å²) in [5.74, 6) is 0.852. The first kappa shape index (κ1) is 12.7. The minimum Gasteiger partial charge on any atom is -0.454 e. The molecule has 0 atom stereocenters. The fraction of sp³-hybridized carbons (Fsp3) is 0. The molecule has 0 saturated heterocycles. The summed E-state index contributed by atoms with van der Waals surface area (Å²) in [4.78, 5) is 0. The first-order chi connectivity index (χ1) is 8.60. The number of nitriles is 1. The number of ether oxygens (including phenoxy) is 1. The molecule has 2 aromatic carbocycles. The third-order valence-corrected chi connectivity index (χ3v) is 3.04. The Morgan fingerprint density at radius 1 is 1.17 bits per heavy atom. The van der Waals surface area contributed by atoms with Gasteiger partial charge in [0.15, 0.2) is 0 Å². The van der Waals surface area contributed by atoms with E-state index in [0.717, 1.165) is 4.47 Å². The number of benzene rings is 2. The Kier molecular flexibility index (Phi) is 3.75. The van der Waals surface area contributed by atoms with Gasteiger partial charge >= 0.3 is 0 Å². The van der Waals surface area contributed by atoms with Crippen molar-refractivity contribution in [3.05, 3.63) is 51.5 Å². The quantitative estimate of drug-likeness (QED) is 0.836.